The van der Waals surface area contributed by atoms with Gasteiger partial charge in [-0.3, -0.25) is 4.79 Å². The van der Waals surface area contributed by atoms with E-state index in [1.165, 1.54) is 0 Å². The van der Waals surface area contributed by atoms with Crippen LogP contribution in [0.2, 0.25) is 0 Å². The zero-order valence-electron chi connectivity index (χ0n) is 12.3. The smallest absolute Gasteiger partial charge is 0.307 e. The maximum absolute atomic E-state index is 12.1. The molecule has 0 spiro atoms. The number of allylic oxidation sites excluding steroid dienone is 1. The normalized spacial score (nSPS) is 10.9. The molecule has 0 aliphatic rings. The Morgan fingerprint density at radius 3 is 1.90 bits per heavy atom. The van der Waals surface area contributed by atoms with E-state index < -0.39 is 5.41 Å². The zero-order chi connectivity index (χ0) is 15.1. The molecule has 2 rings (SSSR count). The van der Waals surface area contributed by atoms with E-state index in [0.717, 1.165) is 11.1 Å². The van der Waals surface area contributed by atoms with Crippen molar-refractivity contribution in [3.8, 4) is 0 Å². The topological polar surface area (TPSA) is 26.3 Å². The van der Waals surface area contributed by atoms with Gasteiger partial charge in [0.05, 0.1) is 13.0 Å². The van der Waals surface area contributed by atoms with Gasteiger partial charge in [0.25, 0.3) is 0 Å². The summed E-state index contributed by atoms with van der Waals surface area (Å²) in [5, 5.41) is 0. The van der Waals surface area contributed by atoms with Crippen molar-refractivity contribution >= 4 is 5.97 Å². The van der Waals surface area contributed by atoms with Crippen molar-refractivity contribution in [2.75, 3.05) is 6.61 Å². The first-order valence-corrected chi connectivity index (χ1v) is 7.13. The molecule has 108 valence electrons. The Morgan fingerprint density at radius 2 is 1.52 bits per heavy atom. The van der Waals surface area contributed by atoms with Gasteiger partial charge in [-0.15, -0.1) is 6.58 Å². The maximum Gasteiger partial charge on any atom is 0.307 e. The Labute approximate surface area is 126 Å². The molecule has 0 radical (unpaired) electrons. The SMILES string of the molecule is C=CC(CC(=O)OCC)(c1ccccc1)c1ccccc1. The fraction of sp³-hybridized carbons (Fsp3) is 0.211. The summed E-state index contributed by atoms with van der Waals surface area (Å²) >= 11 is 0. The van der Waals surface area contributed by atoms with Crippen molar-refractivity contribution in [3.05, 3.63) is 84.4 Å². The van der Waals surface area contributed by atoms with Crippen LogP contribution in [-0.4, -0.2) is 12.6 Å². The second kappa shape index (κ2) is 6.89. The van der Waals surface area contributed by atoms with Gasteiger partial charge in [0.2, 0.25) is 0 Å². The van der Waals surface area contributed by atoms with E-state index in [-0.39, 0.29) is 12.4 Å². The van der Waals surface area contributed by atoms with Crippen LogP contribution in [0.1, 0.15) is 24.5 Å². The predicted octanol–water partition coefficient (Wildman–Crippen LogP) is 4.11. The van der Waals surface area contributed by atoms with Gasteiger partial charge < -0.3 is 4.74 Å². The minimum Gasteiger partial charge on any atom is -0.466 e. The summed E-state index contributed by atoms with van der Waals surface area (Å²) in [7, 11) is 0. The van der Waals surface area contributed by atoms with Gasteiger partial charge in [-0.2, -0.15) is 0 Å². The first-order chi connectivity index (χ1) is 10.2. The highest BCUT2D eigenvalue weighted by molar-refractivity contribution is 5.73. The van der Waals surface area contributed by atoms with Gasteiger partial charge in [0.15, 0.2) is 0 Å². The number of carbonyl (C=O) groups is 1. The molecule has 0 aliphatic carbocycles. The highest BCUT2D eigenvalue weighted by atomic mass is 16.5. The van der Waals surface area contributed by atoms with E-state index >= 15 is 0 Å². The number of ether oxygens (including phenoxy) is 1. The van der Waals surface area contributed by atoms with Gasteiger partial charge >= 0.3 is 5.97 Å². The van der Waals surface area contributed by atoms with Crippen molar-refractivity contribution in [2.45, 2.75) is 18.8 Å². The minimum absolute atomic E-state index is 0.217. The molecule has 2 heteroatoms. The Kier molecular flexibility index (Phi) is 4.94. The molecule has 0 saturated carbocycles. The van der Waals surface area contributed by atoms with Crippen molar-refractivity contribution < 1.29 is 9.53 Å². The Hall–Kier alpha value is -2.35. The fourth-order valence-electron chi connectivity index (χ4n) is 2.59. The molecular weight excluding hydrogens is 260 g/mol. The second-order valence-electron chi connectivity index (χ2n) is 4.89. The van der Waals surface area contributed by atoms with Crippen molar-refractivity contribution in [3.63, 3.8) is 0 Å². The van der Waals surface area contributed by atoms with E-state index in [9.17, 15) is 4.79 Å². The highest BCUT2D eigenvalue weighted by Crippen LogP contribution is 2.37. The molecule has 0 aliphatic heterocycles. The number of rotatable bonds is 6. The Balaban J connectivity index is 2.52. The number of hydrogen-bond donors (Lipinski definition) is 0. The van der Waals surface area contributed by atoms with E-state index in [1.54, 1.807) is 0 Å². The first kappa shape index (κ1) is 15.0. The predicted molar refractivity (Wildman–Crippen MR) is 85.1 cm³/mol. The average molecular weight is 280 g/mol. The highest BCUT2D eigenvalue weighted by Gasteiger charge is 2.34. The van der Waals surface area contributed by atoms with Crippen LogP contribution in [0.25, 0.3) is 0 Å². The number of esters is 1. The van der Waals surface area contributed by atoms with E-state index in [2.05, 4.69) is 6.58 Å². The summed E-state index contributed by atoms with van der Waals surface area (Å²) in [6, 6.07) is 19.9. The second-order valence-corrected chi connectivity index (χ2v) is 4.89. The maximum atomic E-state index is 12.1. The number of benzene rings is 2. The minimum atomic E-state index is -0.561. The lowest BCUT2D eigenvalue weighted by Gasteiger charge is -2.31. The third-order valence-corrected chi connectivity index (χ3v) is 3.65. The third-order valence-electron chi connectivity index (χ3n) is 3.65. The van der Waals surface area contributed by atoms with E-state index in [1.807, 2.05) is 73.7 Å². The third kappa shape index (κ3) is 3.22. The van der Waals surface area contributed by atoms with Crippen LogP contribution >= 0.6 is 0 Å². The summed E-state index contributed by atoms with van der Waals surface area (Å²) in [6.45, 7) is 6.19. The fourth-order valence-corrected chi connectivity index (χ4v) is 2.59. The molecule has 0 heterocycles. The molecular formula is C19H20O2. The Bertz CT molecular complexity index is 548. The molecule has 2 aromatic rings. The zero-order valence-corrected chi connectivity index (χ0v) is 12.3. The molecule has 0 aromatic heterocycles. The van der Waals surface area contributed by atoms with Crippen LogP contribution in [0.5, 0.6) is 0 Å². The molecule has 0 unspecified atom stereocenters. The Morgan fingerprint density at radius 1 is 1.05 bits per heavy atom. The van der Waals surface area contributed by atoms with Gasteiger partial charge in [-0.1, -0.05) is 66.7 Å². The van der Waals surface area contributed by atoms with Crippen LogP contribution in [0.15, 0.2) is 73.3 Å². The summed E-state index contributed by atoms with van der Waals surface area (Å²) in [5.74, 6) is -0.217. The molecule has 0 bridgehead atoms. The molecule has 0 amide bonds. The average Bonchev–Trinajstić information content (AvgIpc) is 2.54. The van der Waals surface area contributed by atoms with Crippen molar-refractivity contribution in [1.82, 2.24) is 0 Å². The molecule has 0 saturated heterocycles. The van der Waals surface area contributed by atoms with Crippen LogP contribution < -0.4 is 0 Å². The summed E-state index contributed by atoms with van der Waals surface area (Å²) in [5.41, 5.74) is 1.52. The quantitative estimate of drug-likeness (QED) is 0.588. The first-order valence-electron chi connectivity index (χ1n) is 7.13. The molecule has 2 aromatic carbocycles. The van der Waals surface area contributed by atoms with Crippen molar-refractivity contribution in [2.24, 2.45) is 0 Å². The number of carbonyl (C=O) groups excluding carboxylic acids is 1. The van der Waals surface area contributed by atoms with E-state index in [0.29, 0.717) is 6.61 Å². The monoisotopic (exact) mass is 280 g/mol. The van der Waals surface area contributed by atoms with Crippen LogP contribution in [-0.2, 0) is 14.9 Å². The summed E-state index contributed by atoms with van der Waals surface area (Å²) in [6.07, 6.45) is 2.09. The standard InChI is InChI=1S/C19H20O2/c1-3-19(15-18(20)21-4-2,16-11-7-5-8-12-16)17-13-9-6-10-14-17/h3,5-14H,1,4,15H2,2H3. The molecule has 0 fully saturated rings. The largest absolute Gasteiger partial charge is 0.466 e. The van der Waals surface area contributed by atoms with Crippen LogP contribution in [0, 0.1) is 0 Å². The lowest BCUT2D eigenvalue weighted by Crippen LogP contribution is -2.29. The van der Waals surface area contributed by atoms with Crippen LogP contribution in [0.4, 0.5) is 0 Å². The van der Waals surface area contributed by atoms with Crippen LogP contribution in [0.3, 0.4) is 0 Å². The molecule has 0 atom stereocenters. The van der Waals surface area contributed by atoms with E-state index in [4.69, 9.17) is 4.74 Å². The number of hydrogen-bond acceptors (Lipinski definition) is 2. The molecule has 21 heavy (non-hydrogen) atoms. The van der Waals surface area contributed by atoms with Gasteiger partial charge in [-0.05, 0) is 18.1 Å². The van der Waals surface area contributed by atoms with Gasteiger partial charge in [0.1, 0.15) is 0 Å². The molecule has 0 N–H and O–H groups in total. The lowest BCUT2D eigenvalue weighted by molar-refractivity contribution is -0.143. The lowest BCUT2D eigenvalue weighted by atomic mass is 9.72. The van der Waals surface area contributed by atoms with Gasteiger partial charge in [-0.25, -0.2) is 0 Å². The summed E-state index contributed by atoms with van der Waals surface area (Å²) < 4.78 is 5.16. The van der Waals surface area contributed by atoms with Gasteiger partial charge in [0, 0.05) is 5.41 Å². The van der Waals surface area contributed by atoms with Crippen molar-refractivity contribution in [1.29, 1.82) is 0 Å². The molecule has 2 nitrogen and oxygen atoms in total. The summed E-state index contributed by atoms with van der Waals surface area (Å²) in [4.78, 5) is 12.1.